The smallest absolute Gasteiger partial charge is 0.151 e. The number of benzene rings is 8. The Morgan fingerprint density at radius 3 is 1.36 bits per heavy atom. The molecule has 0 atom stereocenters. The van der Waals surface area contributed by atoms with E-state index in [0.29, 0.717) is 0 Å². The molecule has 96 heavy (non-hydrogen) atoms. The van der Waals surface area contributed by atoms with Crippen molar-refractivity contribution in [1.29, 1.82) is 0 Å². The summed E-state index contributed by atoms with van der Waals surface area (Å²) in [5.41, 5.74) is 15.3. The van der Waals surface area contributed by atoms with E-state index in [1.54, 1.807) is 0 Å². The summed E-state index contributed by atoms with van der Waals surface area (Å²) in [6.07, 6.45) is 5.69. The van der Waals surface area contributed by atoms with Crippen LogP contribution in [0.4, 0.5) is 0 Å². The molecule has 0 aliphatic rings. The molecule has 0 spiro atoms. The van der Waals surface area contributed by atoms with Gasteiger partial charge < -0.3 is 37.6 Å². The zero-order chi connectivity index (χ0) is 64.1. The van der Waals surface area contributed by atoms with Crippen molar-refractivity contribution < 1.29 is 98.1 Å². The Balaban J connectivity index is 0.000000148. The van der Waals surface area contributed by atoms with Crippen LogP contribution in [0.15, 0.2) is 236 Å². The Morgan fingerprint density at radius 1 is 0.323 bits per heavy atom. The first-order valence-electron chi connectivity index (χ1n) is 31.3. The summed E-state index contributed by atoms with van der Waals surface area (Å²) in [4.78, 5) is 19.1. The Labute approximate surface area is 619 Å². The number of nitrogens with zero attached hydrogens (tertiary/aromatic N) is 4. The van der Waals surface area contributed by atoms with Gasteiger partial charge in [-0.15, -0.1) is 142 Å². The SMILES string of the molecule is C[Si](C)(C)c1c(-c2[c-]cccc2)ncc2oc3ccccc3c12.C[Si](C)(C)c1cc[c-]c(-c2cc3oc4ccccc4c3cn2)c1.C[Si](C)(C)c1ccc[c-]c1-c1cc2oc3ccccc3c2cn1.C[Si](C)(C)c1nc(-c2[c-]cccc2)cc2c1oc1ccccc12.[Ir].[Ir].[Ir].[Ir]. The van der Waals surface area contributed by atoms with Crippen molar-refractivity contribution in [1.82, 2.24) is 19.9 Å². The number of para-hydroxylation sites is 4. The summed E-state index contributed by atoms with van der Waals surface area (Å²) in [5, 5.41) is 14.3. The summed E-state index contributed by atoms with van der Waals surface area (Å²) in [6.45, 7) is 28.1. The van der Waals surface area contributed by atoms with Crippen LogP contribution in [0.5, 0.6) is 0 Å². The van der Waals surface area contributed by atoms with Gasteiger partial charge in [0.05, 0.1) is 27.7 Å². The zero-order valence-electron chi connectivity index (χ0n) is 55.5. The molecule has 0 unspecified atom stereocenters. The molecule has 0 amide bonds. The van der Waals surface area contributed by atoms with Gasteiger partial charge in [-0.3, -0.25) is 0 Å². The monoisotopic (exact) mass is 2040 g/mol. The van der Waals surface area contributed by atoms with E-state index < -0.39 is 32.3 Å². The van der Waals surface area contributed by atoms with Crippen LogP contribution < -0.4 is 20.9 Å². The average Bonchev–Trinajstić information content (AvgIpc) is 1.53. The first-order chi connectivity index (χ1) is 44.2. The Kier molecular flexibility index (Phi) is 22.9. The van der Waals surface area contributed by atoms with E-state index in [2.05, 4.69) is 187 Å². The maximum absolute atomic E-state index is 6.16. The number of aromatic nitrogens is 4. The third kappa shape index (κ3) is 15.3. The fourth-order valence-electron chi connectivity index (χ4n) is 12.0. The standard InChI is InChI=1S/4C20H18NOSi.4Ir/c1-23(2,3)20-11-7-5-9-15(20)17-12-19-16(13-21-17)14-8-4-6-10-18(14)22-19;1-23(2,3)15-8-6-7-14(11-15)18-12-20-17(13-21-18)16-9-4-5-10-19(16)22-20;1-23(2,3)20-19-16(15-11-7-8-12-18(15)22-19)13-17(21-20)14-9-5-4-6-10-14;1-23(2,3)20-18-15-11-7-8-12-16(15)22-17(18)13-21-19(20)14-9-5-4-6-10-14;;;;/h4-8,10-13H,1-3H3;4-6,8-13H,1-3H3;2*4-9,11-13H,1-3H3;;;;/q4*-1;;;;. The molecule has 0 fully saturated rings. The van der Waals surface area contributed by atoms with Crippen molar-refractivity contribution in [3.05, 3.63) is 243 Å². The van der Waals surface area contributed by atoms with Gasteiger partial charge in [0.15, 0.2) is 11.2 Å². The van der Waals surface area contributed by atoms with Crippen molar-refractivity contribution >= 4 is 141 Å². The van der Waals surface area contributed by atoms with Crippen molar-refractivity contribution in [3.63, 3.8) is 0 Å². The number of fused-ring (bicyclic) bond motifs is 12. The molecule has 0 aliphatic carbocycles. The van der Waals surface area contributed by atoms with Gasteiger partial charge in [0.1, 0.15) is 41.6 Å². The molecule has 492 valence electrons. The minimum absolute atomic E-state index is 0. The quantitative estimate of drug-likeness (QED) is 0.109. The van der Waals surface area contributed by atoms with E-state index >= 15 is 0 Å². The van der Waals surface area contributed by atoms with Crippen LogP contribution in [0.2, 0.25) is 78.6 Å². The van der Waals surface area contributed by atoms with Crippen LogP contribution in [0, 0.1) is 24.3 Å². The fraction of sp³-hybridized carbons (Fsp3) is 0.150. The summed E-state index contributed by atoms with van der Waals surface area (Å²) in [5.74, 6) is 0. The largest absolute Gasteiger partial charge is 0.457 e. The van der Waals surface area contributed by atoms with E-state index in [4.69, 9.17) is 32.6 Å². The van der Waals surface area contributed by atoms with E-state index in [9.17, 15) is 0 Å². The Bertz CT molecular complexity index is 5370. The molecule has 16 aromatic rings. The fourth-order valence-corrected chi connectivity index (χ4v) is 17.9. The number of hydrogen-bond acceptors (Lipinski definition) is 8. The average molecular weight is 2030 g/mol. The number of hydrogen-bond donors (Lipinski definition) is 0. The molecule has 16 heteroatoms. The van der Waals surface area contributed by atoms with Gasteiger partial charge in [-0.1, -0.05) is 163 Å². The summed E-state index contributed by atoms with van der Waals surface area (Å²) < 4.78 is 24.2. The number of furan rings is 4. The molecule has 0 N–H and O–H groups in total. The second-order valence-electron chi connectivity index (χ2n) is 27.5. The second kappa shape index (κ2) is 30.0. The van der Waals surface area contributed by atoms with Gasteiger partial charge in [-0.2, -0.15) is 0 Å². The van der Waals surface area contributed by atoms with E-state index in [1.807, 2.05) is 140 Å². The molecule has 8 aromatic heterocycles. The third-order valence-corrected chi connectivity index (χ3v) is 24.4. The molecular weight excluding hydrogens is 1960 g/mol. The van der Waals surface area contributed by atoms with Crippen LogP contribution in [0.3, 0.4) is 0 Å². The minimum atomic E-state index is -1.65. The predicted molar refractivity (Wildman–Crippen MR) is 395 cm³/mol. The predicted octanol–water partition coefficient (Wildman–Crippen LogP) is 20.0. The summed E-state index contributed by atoms with van der Waals surface area (Å²) >= 11 is 0. The topological polar surface area (TPSA) is 104 Å². The molecule has 0 aliphatic heterocycles. The first kappa shape index (κ1) is 73.3. The Morgan fingerprint density at radius 2 is 0.812 bits per heavy atom. The van der Waals surface area contributed by atoms with Crippen LogP contribution in [0.1, 0.15) is 0 Å². The molecule has 8 aromatic carbocycles. The van der Waals surface area contributed by atoms with Gasteiger partial charge in [-0.25, -0.2) is 0 Å². The van der Waals surface area contributed by atoms with Gasteiger partial charge in [-0.05, 0) is 59.2 Å². The first-order valence-corrected chi connectivity index (χ1v) is 45.3. The van der Waals surface area contributed by atoms with Crippen molar-refractivity contribution in [3.8, 4) is 45.0 Å². The van der Waals surface area contributed by atoms with Gasteiger partial charge in [0.25, 0.3) is 0 Å². The molecule has 0 saturated heterocycles. The minimum Gasteiger partial charge on any atom is -0.457 e. The van der Waals surface area contributed by atoms with Gasteiger partial charge >= 0.3 is 0 Å². The van der Waals surface area contributed by atoms with E-state index in [-0.39, 0.29) is 80.4 Å². The van der Waals surface area contributed by atoms with Gasteiger partial charge in [0, 0.05) is 144 Å². The maximum Gasteiger partial charge on any atom is 0.151 e. The summed E-state index contributed by atoms with van der Waals surface area (Å²) in [7, 11) is -6.10. The normalized spacial score (nSPS) is 11.6. The van der Waals surface area contributed by atoms with Gasteiger partial charge in [0.2, 0.25) is 0 Å². The maximum atomic E-state index is 6.16. The zero-order valence-corrected chi connectivity index (χ0v) is 69.1. The van der Waals surface area contributed by atoms with Crippen molar-refractivity contribution in [2.45, 2.75) is 78.6 Å². The third-order valence-electron chi connectivity index (χ3n) is 16.6. The molecule has 8 nitrogen and oxygen atoms in total. The molecule has 0 saturated carbocycles. The molecule has 0 bridgehead atoms. The van der Waals surface area contributed by atoms with Crippen LogP contribution in [0.25, 0.3) is 133 Å². The Hall–Kier alpha value is -6.98. The molecule has 16 rings (SSSR count). The molecular formula is C80H72Ir4N4O4Si4-4. The van der Waals surface area contributed by atoms with Crippen molar-refractivity contribution in [2.24, 2.45) is 0 Å². The van der Waals surface area contributed by atoms with E-state index in [1.165, 1.54) is 26.3 Å². The van der Waals surface area contributed by atoms with Crippen LogP contribution in [-0.2, 0) is 80.4 Å². The second-order valence-corrected chi connectivity index (χ2v) is 47.6. The van der Waals surface area contributed by atoms with Crippen LogP contribution >= 0.6 is 0 Å². The van der Waals surface area contributed by atoms with Crippen LogP contribution in [-0.4, -0.2) is 52.2 Å². The van der Waals surface area contributed by atoms with Crippen molar-refractivity contribution in [2.75, 3.05) is 0 Å². The molecule has 4 radical (unpaired) electrons. The number of pyridine rings is 4. The summed E-state index contributed by atoms with van der Waals surface area (Å²) in [6, 6.07) is 80.9. The van der Waals surface area contributed by atoms with E-state index in [0.717, 1.165) is 127 Å². The molecule has 8 heterocycles. The number of rotatable bonds is 8.